The maximum atomic E-state index is 13.5. The van der Waals surface area contributed by atoms with Crippen molar-refractivity contribution in [2.75, 3.05) is 7.11 Å². The van der Waals surface area contributed by atoms with E-state index in [9.17, 15) is 22.4 Å². The van der Waals surface area contributed by atoms with E-state index in [4.69, 9.17) is 4.74 Å². The van der Waals surface area contributed by atoms with E-state index in [1.165, 1.54) is 25.3 Å². The Bertz CT molecular complexity index is 1030. The third-order valence-corrected chi connectivity index (χ3v) is 3.75. The minimum atomic E-state index is -3.18. The minimum absolute atomic E-state index is 0.123. The van der Waals surface area contributed by atoms with Crippen molar-refractivity contribution in [1.82, 2.24) is 20.5 Å². The van der Waals surface area contributed by atoms with Gasteiger partial charge < -0.3 is 14.8 Å². The van der Waals surface area contributed by atoms with Crippen molar-refractivity contribution >= 4 is 5.91 Å². The van der Waals surface area contributed by atoms with E-state index in [1.807, 2.05) is 0 Å². The van der Waals surface area contributed by atoms with E-state index >= 15 is 0 Å². The molecule has 0 atom stereocenters. The molecule has 1 aromatic heterocycles. The number of alkyl halides is 2. The molecule has 0 saturated heterocycles. The number of hydrogen-bond acceptors (Lipinski definition) is 5. The Balaban J connectivity index is 1.74. The molecular formula is C18H14F4N4O3. The van der Waals surface area contributed by atoms with Gasteiger partial charge in [-0.25, -0.2) is 13.8 Å². The fourth-order valence-corrected chi connectivity index (χ4v) is 2.49. The van der Waals surface area contributed by atoms with Crippen LogP contribution in [0, 0.1) is 11.6 Å². The number of halogens is 4. The summed E-state index contributed by atoms with van der Waals surface area (Å²) in [6.45, 7) is -3.36. The highest BCUT2D eigenvalue weighted by atomic mass is 19.3. The van der Waals surface area contributed by atoms with Crippen LogP contribution in [0.5, 0.6) is 11.5 Å². The van der Waals surface area contributed by atoms with Gasteiger partial charge in [-0.1, -0.05) is 0 Å². The predicted octanol–water partition coefficient (Wildman–Crippen LogP) is 3.29. The zero-order chi connectivity index (χ0) is 21.0. The largest absolute Gasteiger partial charge is 0.496 e. The number of benzene rings is 2. The van der Waals surface area contributed by atoms with E-state index in [0.717, 1.165) is 18.2 Å². The number of carbonyl (C=O) groups excluding carboxylic acids is 1. The van der Waals surface area contributed by atoms with Gasteiger partial charge in [0.25, 0.3) is 5.91 Å². The van der Waals surface area contributed by atoms with E-state index < -0.39 is 35.5 Å². The third kappa shape index (κ3) is 4.81. The van der Waals surface area contributed by atoms with Crippen LogP contribution in [0.3, 0.4) is 0 Å². The summed E-state index contributed by atoms with van der Waals surface area (Å²) in [5.41, 5.74) is -0.115. The molecule has 2 N–H and O–H groups in total. The summed E-state index contributed by atoms with van der Waals surface area (Å²) in [5.74, 6) is -1.99. The standard InChI is InChI=1S/C18H14F4N4O3/c1-28-13-4-2-9(19)6-11(13)16-24-15(25-26-16)8-23-17(27)12-7-10(20)3-5-14(12)29-18(21)22/h2-7,18H,8H2,1H3,(H,23,27)(H,24,25,26). The fraction of sp³-hybridized carbons (Fsp3) is 0.167. The highest BCUT2D eigenvalue weighted by Gasteiger charge is 2.18. The summed E-state index contributed by atoms with van der Waals surface area (Å²) in [6.07, 6.45) is 0. The monoisotopic (exact) mass is 410 g/mol. The Morgan fingerprint density at radius 3 is 2.52 bits per heavy atom. The number of nitrogens with one attached hydrogen (secondary N) is 2. The van der Waals surface area contributed by atoms with Gasteiger partial charge in [0.15, 0.2) is 5.82 Å². The van der Waals surface area contributed by atoms with Crippen LogP contribution < -0.4 is 14.8 Å². The van der Waals surface area contributed by atoms with Gasteiger partial charge in [-0.3, -0.25) is 9.89 Å². The van der Waals surface area contributed by atoms with Gasteiger partial charge >= 0.3 is 6.61 Å². The van der Waals surface area contributed by atoms with Crippen LogP contribution in [-0.2, 0) is 6.54 Å². The van der Waals surface area contributed by atoms with Crippen molar-refractivity contribution < 1.29 is 31.8 Å². The summed E-state index contributed by atoms with van der Waals surface area (Å²) in [7, 11) is 1.41. The maximum absolute atomic E-state index is 13.5. The number of rotatable bonds is 7. The average Bonchev–Trinajstić information content (AvgIpc) is 3.16. The van der Waals surface area contributed by atoms with Gasteiger partial charge in [-0.05, 0) is 36.4 Å². The maximum Gasteiger partial charge on any atom is 0.387 e. The van der Waals surface area contributed by atoms with Crippen LogP contribution in [0.1, 0.15) is 16.2 Å². The average molecular weight is 410 g/mol. The first-order chi connectivity index (χ1) is 13.9. The van der Waals surface area contributed by atoms with Crippen LogP contribution in [0.25, 0.3) is 11.4 Å². The van der Waals surface area contributed by atoms with Gasteiger partial charge in [0, 0.05) is 0 Å². The number of H-pyrrole nitrogens is 1. The Labute approximate surface area is 161 Å². The van der Waals surface area contributed by atoms with Crippen molar-refractivity contribution in [2.45, 2.75) is 13.2 Å². The normalized spacial score (nSPS) is 10.8. The quantitative estimate of drug-likeness (QED) is 0.584. The van der Waals surface area contributed by atoms with Crippen LogP contribution in [0.2, 0.25) is 0 Å². The van der Waals surface area contributed by atoms with Gasteiger partial charge in [-0.15, -0.1) is 0 Å². The molecule has 0 radical (unpaired) electrons. The summed E-state index contributed by atoms with van der Waals surface area (Å²) < 4.78 is 61.2. The molecule has 0 saturated carbocycles. The van der Waals surface area contributed by atoms with Crippen LogP contribution in [0.15, 0.2) is 36.4 Å². The van der Waals surface area contributed by atoms with Crippen molar-refractivity contribution in [3.05, 3.63) is 59.4 Å². The zero-order valence-electron chi connectivity index (χ0n) is 14.9. The molecule has 29 heavy (non-hydrogen) atoms. The zero-order valence-corrected chi connectivity index (χ0v) is 14.9. The lowest BCUT2D eigenvalue weighted by molar-refractivity contribution is -0.0502. The molecule has 1 amide bonds. The first kappa shape index (κ1) is 20.1. The SMILES string of the molecule is COc1ccc(F)cc1-c1n[nH]c(CNC(=O)c2cc(F)ccc2OC(F)F)n1. The number of ether oxygens (including phenoxy) is 2. The van der Waals surface area contributed by atoms with Crippen LogP contribution in [0.4, 0.5) is 17.6 Å². The Kier molecular flexibility index (Phi) is 5.96. The molecule has 2 aromatic carbocycles. The number of carbonyl (C=O) groups is 1. The Hall–Kier alpha value is -3.63. The fourth-order valence-electron chi connectivity index (χ4n) is 2.49. The lowest BCUT2D eigenvalue weighted by atomic mass is 10.2. The Morgan fingerprint density at radius 2 is 1.83 bits per heavy atom. The van der Waals surface area contributed by atoms with E-state index in [-0.39, 0.29) is 18.2 Å². The van der Waals surface area contributed by atoms with Gasteiger partial charge in [0.05, 0.1) is 24.8 Å². The molecule has 3 rings (SSSR count). The van der Waals surface area contributed by atoms with E-state index in [1.54, 1.807) is 0 Å². The second-order valence-corrected chi connectivity index (χ2v) is 5.65. The summed E-state index contributed by atoms with van der Waals surface area (Å²) in [5, 5.41) is 8.89. The first-order valence-electron chi connectivity index (χ1n) is 8.15. The van der Waals surface area contributed by atoms with Gasteiger partial charge in [0.2, 0.25) is 0 Å². The number of hydrogen-bond donors (Lipinski definition) is 2. The summed E-state index contributed by atoms with van der Waals surface area (Å²) >= 11 is 0. The molecule has 0 fully saturated rings. The molecule has 1 heterocycles. The van der Waals surface area contributed by atoms with Crippen LogP contribution in [-0.4, -0.2) is 34.8 Å². The van der Waals surface area contributed by atoms with Gasteiger partial charge in [-0.2, -0.15) is 13.9 Å². The molecule has 11 heteroatoms. The predicted molar refractivity (Wildman–Crippen MR) is 92.5 cm³/mol. The molecule has 0 aliphatic rings. The number of aromatic amines is 1. The smallest absolute Gasteiger partial charge is 0.387 e. The lowest BCUT2D eigenvalue weighted by Gasteiger charge is -2.10. The molecule has 0 aliphatic heterocycles. The first-order valence-corrected chi connectivity index (χ1v) is 8.15. The summed E-state index contributed by atoms with van der Waals surface area (Å²) in [6, 6.07) is 6.41. The highest BCUT2D eigenvalue weighted by molar-refractivity contribution is 5.96. The summed E-state index contributed by atoms with van der Waals surface area (Å²) in [4.78, 5) is 16.4. The highest BCUT2D eigenvalue weighted by Crippen LogP contribution is 2.28. The van der Waals surface area contributed by atoms with Crippen LogP contribution >= 0.6 is 0 Å². The molecular weight excluding hydrogens is 396 g/mol. The molecule has 7 nitrogen and oxygen atoms in total. The van der Waals surface area contributed by atoms with Crippen molar-refractivity contribution in [3.8, 4) is 22.9 Å². The Morgan fingerprint density at radius 1 is 1.14 bits per heavy atom. The number of aromatic nitrogens is 3. The molecule has 3 aromatic rings. The lowest BCUT2D eigenvalue weighted by Crippen LogP contribution is -2.24. The second-order valence-electron chi connectivity index (χ2n) is 5.65. The second kappa shape index (κ2) is 8.59. The van der Waals surface area contributed by atoms with Gasteiger partial charge in [0.1, 0.15) is 29.0 Å². The number of amides is 1. The third-order valence-electron chi connectivity index (χ3n) is 3.75. The topological polar surface area (TPSA) is 89.1 Å². The minimum Gasteiger partial charge on any atom is -0.496 e. The molecule has 0 aliphatic carbocycles. The van der Waals surface area contributed by atoms with Crippen molar-refractivity contribution in [1.29, 1.82) is 0 Å². The molecule has 0 bridgehead atoms. The molecule has 0 unspecified atom stereocenters. The van der Waals surface area contributed by atoms with E-state index in [0.29, 0.717) is 11.3 Å². The molecule has 152 valence electrons. The van der Waals surface area contributed by atoms with Crippen molar-refractivity contribution in [2.24, 2.45) is 0 Å². The van der Waals surface area contributed by atoms with E-state index in [2.05, 4.69) is 25.2 Å². The molecule has 0 spiro atoms. The number of methoxy groups -OCH3 is 1. The number of nitrogens with zero attached hydrogens (tertiary/aromatic N) is 2. The van der Waals surface area contributed by atoms with Crippen molar-refractivity contribution in [3.63, 3.8) is 0 Å².